The molecule has 2 aromatic carbocycles. The maximum Gasteiger partial charge on any atom is 0.238 e. The molecule has 0 spiro atoms. The van der Waals surface area contributed by atoms with Gasteiger partial charge in [-0.2, -0.15) is 0 Å². The van der Waals surface area contributed by atoms with E-state index in [0.717, 1.165) is 3.57 Å². The Kier molecular flexibility index (Phi) is 4.34. The molecule has 0 aliphatic heterocycles. The van der Waals surface area contributed by atoms with Crippen molar-refractivity contribution < 1.29 is 13.2 Å². The molecular formula is C12H9ClINO3S. The van der Waals surface area contributed by atoms with Crippen molar-refractivity contribution in [3.05, 3.63) is 51.1 Å². The largest absolute Gasteiger partial charge is 0.456 e. The Morgan fingerprint density at radius 2 is 1.89 bits per heavy atom. The Balaban J connectivity index is 2.32. The van der Waals surface area contributed by atoms with Crippen LogP contribution in [0.2, 0.25) is 5.02 Å². The Bertz CT molecular complexity index is 719. The molecule has 0 unspecified atom stereocenters. The highest BCUT2D eigenvalue weighted by atomic mass is 127. The van der Waals surface area contributed by atoms with Crippen LogP contribution in [0, 0.1) is 3.57 Å². The smallest absolute Gasteiger partial charge is 0.238 e. The number of ether oxygens (including phenoxy) is 1. The van der Waals surface area contributed by atoms with Crippen molar-refractivity contribution in [2.75, 3.05) is 0 Å². The first-order valence-corrected chi connectivity index (χ1v) is 8.12. The molecule has 0 fully saturated rings. The van der Waals surface area contributed by atoms with E-state index in [4.69, 9.17) is 21.5 Å². The van der Waals surface area contributed by atoms with Gasteiger partial charge in [-0.15, -0.1) is 0 Å². The van der Waals surface area contributed by atoms with Crippen LogP contribution >= 0.6 is 34.2 Å². The van der Waals surface area contributed by atoms with Crippen LogP contribution in [0.3, 0.4) is 0 Å². The van der Waals surface area contributed by atoms with E-state index in [9.17, 15) is 8.42 Å². The summed E-state index contributed by atoms with van der Waals surface area (Å²) in [6, 6.07) is 11.5. The highest BCUT2D eigenvalue weighted by Crippen LogP contribution is 2.31. The summed E-state index contributed by atoms with van der Waals surface area (Å²) in [5.41, 5.74) is 0. The first-order valence-electron chi connectivity index (χ1n) is 5.12. The molecule has 0 saturated carbocycles. The van der Waals surface area contributed by atoms with Gasteiger partial charge in [0.15, 0.2) is 0 Å². The van der Waals surface area contributed by atoms with Crippen molar-refractivity contribution in [2.45, 2.75) is 4.90 Å². The van der Waals surface area contributed by atoms with Gasteiger partial charge in [-0.3, -0.25) is 0 Å². The second-order valence-corrected chi connectivity index (χ2v) is 6.91. The summed E-state index contributed by atoms with van der Waals surface area (Å²) in [7, 11) is -3.76. The van der Waals surface area contributed by atoms with E-state index in [1.807, 2.05) is 18.2 Å². The molecule has 0 radical (unpaired) electrons. The van der Waals surface area contributed by atoms with Crippen LogP contribution in [0.5, 0.6) is 11.5 Å². The van der Waals surface area contributed by atoms with E-state index in [2.05, 4.69) is 22.6 Å². The van der Waals surface area contributed by atoms with Crippen LogP contribution in [0.1, 0.15) is 0 Å². The molecule has 2 rings (SSSR count). The number of benzene rings is 2. The minimum Gasteiger partial charge on any atom is -0.456 e. The summed E-state index contributed by atoms with van der Waals surface area (Å²) >= 11 is 8.14. The third-order valence-electron chi connectivity index (χ3n) is 2.26. The molecule has 0 heterocycles. The van der Waals surface area contributed by atoms with E-state index in [1.165, 1.54) is 18.2 Å². The van der Waals surface area contributed by atoms with Crippen LogP contribution in [0.25, 0.3) is 0 Å². The number of hydrogen-bond acceptors (Lipinski definition) is 3. The third kappa shape index (κ3) is 3.82. The van der Waals surface area contributed by atoms with Crippen molar-refractivity contribution in [1.29, 1.82) is 0 Å². The van der Waals surface area contributed by atoms with Gasteiger partial charge in [0.25, 0.3) is 0 Å². The molecule has 7 heteroatoms. The lowest BCUT2D eigenvalue weighted by Crippen LogP contribution is -2.11. The fourth-order valence-corrected chi connectivity index (χ4v) is 2.74. The average molecular weight is 410 g/mol. The summed E-state index contributed by atoms with van der Waals surface area (Å²) in [5, 5.41) is 5.21. The van der Waals surface area contributed by atoms with Crippen LogP contribution < -0.4 is 9.88 Å². The van der Waals surface area contributed by atoms with Gasteiger partial charge in [-0.25, -0.2) is 13.6 Å². The molecule has 0 saturated heterocycles. The first kappa shape index (κ1) is 14.6. The monoisotopic (exact) mass is 409 g/mol. The molecule has 0 aromatic heterocycles. The zero-order valence-electron chi connectivity index (χ0n) is 9.51. The fraction of sp³-hybridized carbons (Fsp3) is 0. The maximum atomic E-state index is 11.2. The minimum absolute atomic E-state index is 0.0486. The van der Waals surface area contributed by atoms with Gasteiger partial charge in [0.05, 0.1) is 9.92 Å². The van der Waals surface area contributed by atoms with Crippen molar-refractivity contribution in [1.82, 2.24) is 0 Å². The lowest BCUT2D eigenvalue weighted by atomic mass is 10.3. The Morgan fingerprint density at radius 3 is 2.47 bits per heavy atom. The summed E-state index contributed by atoms with van der Waals surface area (Å²) in [6.45, 7) is 0. The molecule has 0 aliphatic rings. The van der Waals surface area contributed by atoms with Crippen molar-refractivity contribution in [2.24, 2.45) is 5.14 Å². The lowest BCUT2D eigenvalue weighted by Gasteiger charge is -2.08. The number of sulfonamides is 1. The van der Waals surface area contributed by atoms with Crippen LogP contribution in [-0.4, -0.2) is 8.42 Å². The second-order valence-electron chi connectivity index (χ2n) is 3.70. The second kappa shape index (κ2) is 5.66. The summed E-state index contributed by atoms with van der Waals surface area (Å²) in [4.78, 5) is -0.0486. The number of hydrogen-bond donors (Lipinski definition) is 1. The first-order chi connectivity index (χ1) is 8.86. The molecule has 2 N–H and O–H groups in total. The van der Waals surface area contributed by atoms with E-state index < -0.39 is 10.0 Å². The standard InChI is InChI=1S/C12H9ClINO3S/c13-11-7-10(19(15,16)17)4-5-12(11)18-9-3-1-2-8(14)6-9/h1-7H,(H2,15,16,17). The van der Waals surface area contributed by atoms with Gasteiger partial charge >= 0.3 is 0 Å². The highest BCUT2D eigenvalue weighted by molar-refractivity contribution is 14.1. The Morgan fingerprint density at radius 1 is 1.16 bits per heavy atom. The van der Waals surface area contributed by atoms with Gasteiger partial charge < -0.3 is 4.74 Å². The van der Waals surface area contributed by atoms with Crippen LogP contribution in [0.15, 0.2) is 47.4 Å². The van der Waals surface area contributed by atoms with E-state index in [0.29, 0.717) is 11.5 Å². The molecule has 0 aliphatic carbocycles. The average Bonchev–Trinajstić information content (AvgIpc) is 2.30. The molecular weight excluding hydrogens is 401 g/mol. The molecule has 4 nitrogen and oxygen atoms in total. The molecule has 0 atom stereocenters. The van der Waals surface area contributed by atoms with Crippen LogP contribution in [-0.2, 0) is 10.0 Å². The highest BCUT2D eigenvalue weighted by Gasteiger charge is 2.11. The number of nitrogens with two attached hydrogens (primary N) is 1. The molecule has 100 valence electrons. The zero-order valence-corrected chi connectivity index (χ0v) is 13.2. The summed E-state index contributed by atoms with van der Waals surface area (Å²) in [5.74, 6) is 0.994. The lowest BCUT2D eigenvalue weighted by molar-refractivity contribution is 0.482. The van der Waals surface area contributed by atoms with Crippen molar-refractivity contribution >= 4 is 44.2 Å². The van der Waals surface area contributed by atoms with Gasteiger partial charge in [-0.05, 0) is 59.0 Å². The predicted octanol–water partition coefficient (Wildman–Crippen LogP) is 3.38. The number of rotatable bonds is 3. The SMILES string of the molecule is NS(=O)(=O)c1ccc(Oc2cccc(I)c2)c(Cl)c1. The van der Waals surface area contributed by atoms with Crippen molar-refractivity contribution in [3.63, 3.8) is 0 Å². The fourth-order valence-electron chi connectivity index (χ4n) is 1.40. The Hall–Kier alpha value is -0.830. The molecule has 0 amide bonds. The minimum atomic E-state index is -3.76. The maximum absolute atomic E-state index is 11.2. The number of halogens is 2. The summed E-state index contributed by atoms with van der Waals surface area (Å²) in [6.07, 6.45) is 0. The normalized spacial score (nSPS) is 11.3. The quantitative estimate of drug-likeness (QED) is 0.790. The van der Waals surface area contributed by atoms with Crippen LogP contribution in [0.4, 0.5) is 0 Å². The summed E-state index contributed by atoms with van der Waals surface area (Å²) < 4.78 is 29.0. The van der Waals surface area contributed by atoms with Crippen molar-refractivity contribution in [3.8, 4) is 11.5 Å². The zero-order chi connectivity index (χ0) is 14.0. The van der Waals surface area contributed by atoms with Gasteiger partial charge in [0.1, 0.15) is 11.5 Å². The molecule has 19 heavy (non-hydrogen) atoms. The molecule has 0 bridgehead atoms. The van der Waals surface area contributed by atoms with Gasteiger partial charge in [-0.1, -0.05) is 17.7 Å². The Labute approximate surface area is 129 Å². The van der Waals surface area contributed by atoms with E-state index in [1.54, 1.807) is 6.07 Å². The van der Waals surface area contributed by atoms with Gasteiger partial charge in [0, 0.05) is 3.57 Å². The molecule has 2 aromatic rings. The number of primary sulfonamides is 1. The van der Waals surface area contributed by atoms with E-state index in [-0.39, 0.29) is 9.92 Å². The van der Waals surface area contributed by atoms with E-state index >= 15 is 0 Å². The van der Waals surface area contributed by atoms with Gasteiger partial charge in [0.2, 0.25) is 10.0 Å². The topological polar surface area (TPSA) is 69.4 Å². The third-order valence-corrected chi connectivity index (χ3v) is 4.13. The predicted molar refractivity (Wildman–Crippen MR) is 82.1 cm³/mol.